The zero-order chi connectivity index (χ0) is 14.8. The first-order chi connectivity index (χ1) is 10.1. The van der Waals surface area contributed by atoms with Crippen LogP contribution in [-0.2, 0) is 9.59 Å². The van der Waals surface area contributed by atoms with E-state index in [2.05, 4.69) is 10.3 Å². The second-order valence-electron chi connectivity index (χ2n) is 4.71. The van der Waals surface area contributed by atoms with Crippen molar-refractivity contribution >= 4 is 45.2 Å². The third-order valence-corrected chi connectivity index (χ3v) is 4.15. The molecule has 0 bridgehead atoms. The summed E-state index contributed by atoms with van der Waals surface area (Å²) >= 11 is 1.13. The Kier molecular flexibility index (Phi) is 3.62. The fourth-order valence-electron chi connectivity index (χ4n) is 2.18. The lowest BCUT2D eigenvalue weighted by atomic mass is 10.1. The first-order valence-electron chi connectivity index (χ1n) is 6.45. The molecule has 1 heterocycles. The van der Waals surface area contributed by atoms with Crippen LogP contribution in [0, 0.1) is 0 Å². The van der Waals surface area contributed by atoms with Crippen LogP contribution in [0.2, 0.25) is 0 Å². The van der Waals surface area contributed by atoms with Crippen LogP contribution in [0.15, 0.2) is 47.5 Å². The molecule has 0 saturated heterocycles. The molecule has 0 spiro atoms. The van der Waals surface area contributed by atoms with Gasteiger partial charge >= 0.3 is 0 Å². The fourth-order valence-corrected chi connectivity index (χ4v) is 3.00. The maximum atomic E-state index is 12.0. The zero-order valence-electron chi connectivity index (χ0n) is 11.1. The van der Waals surface area contributed by atoms with Crippen molar-refractivity contribution in [2.75, 3.05) is 5.32 Å². The molecule has 0 saturated carbocycles. The van der Waals surface area contributed by atoms with Crippen LogP contribution in [0.5, 0.6) is 0 Å². The normalized spacial score (nSPS) is 17.8. The molecule has 1 aliphatic rings. The number of aliphatic imine (C=N–C) groups is 1. The Bertz CT molecular complexity index is 757. The van der Waals surface area contributed by atoms with E-state index in [0.29, 0.717) is 5.69 Å². The van der Waals surface area contributed by atoms with Crippen LogP contribution in [-0.4, -0.2) is 22.2 Å². The highest BCUT2D eigenvalue weighted by atomic mass is 32.2. The van der Waals surface area contributed by atoms with Gasteiger partial charge in [0.2, 0.25) is 5.91 Å². The van der Waals surface area contributed by atoms with E-state index in [9.17, 15) is 9.59 Å². The van der Waals surface area contributed by atoms with Crippen molar-refractivity contribution in [1.29, 1.82) is 0 Å². The van der Waals surface area contributed by atoms with Gasteiger partial charge in [0.1, 0.15) is 5.25 Å². The van der Waals surface area contributed by atoms with Crippen molar-refractivity contribution in [3.8, 4) is 0 Å². The van der Waals surface area contributed by atoms with Gasteiger partial charge in [-0.05, 0) is 22.9 Å². The molecule has 3 N–H and O–H groups in total. The number of carbonyl (C=O) groups excluding carboxylic acids is 2. The number of thioether (sulfide) groups is 1. The number of carbonyl (C=O) groups is 2. The number of nitrogens with two attached hydrogens (primary N) is 1. The molecule has 0 aromatic heterocycles. The minimum absolute atomic E-state index is 0.0700. The summed E-state index contributed by atoms with van der Waals surface area (Å²) in [6.45, 7) is 0. The van der Waals surface area contributed by atoms with Crippen molar-refractivity contribution in [3.05, 3.63) is 42.5 Å². The van der Waals surface area contributed by atoms with Crippen LogP contribution in [0.3, 0.4) is 0 Å². The Labute approximate surface area is 125 Å². The van der Waals surface area contributed by atoms with E-state index in [-0.39, 0.29) is 23.4 Å². The number of amides is 2. The second-order valence-corrected chi connectivity index (χ2v) is 5.93. The summed E-state index contributed by atoms with van der Waals surface area (Å²) in [5, 5.41) is 4.68. The molecule has 1 atom stereocenters. The molecule has 2 aromatic carbocycles. The van der Waals surface area contributed by atoms with E-state index < -0.39 is 5.25 Å². The maximum Gasteiger partial charge on any atom is 0.262 e. The van der Waals surface area contributed by atoms with Crippen LogP contribution >= 0.6 is 11.8 Å². The number of hydrogen-bond acceptors (Lipinski definition) is 4. The number of fused-ring (bicyclic) bond motifs is 1. The van der Waals surface area contributed by atoms with Gasteiger partial charge in [0.05, 0.1) is 0 Å². The Morgan fingerprint density at radius 1 is 1.24 bits per heavy atom. The van der Waals surface area contributed by atoms with Crippen LogP contribution < -0.4 is 11.1 Å². The van der Waals surface area contributed by atoms with Crippen molar-refractivity contribution in [3.63, 3.8) is 0 Å². The van der Waals surface area contributed by atoms with E-state index in [1.165, 1.54) is 0 Å². The fraction of sp³-hybridized carbons (Fsp3) is 0.133. The quantitative estimate of drug-likeness (QED) is 0.909. The third-order valence-electron chi connectivity index (χ3n) is 3.16. The number of amidine groups is 1. The number of nitrogens with one attached hydrogen (secondary N) is 1. The Morgan fingerprint density at radius 3 is 2.71 bits per heavy atom. The molecule has 0 fully saturated rings. The highest BCUT2D eigenvalue weighted by Crippen LogP contribution is 2.24. The Hall–Kier alpha value is -2.34. The highest BCUT2D eigenvalue weighted by Gasteiger charge is 2.29. The van der Waals surface area contributed by atoms with Crippen LogP contribution in [0.25, 0.3) is 10.8 Å². The molecule has 1 aliphatic heterocycles. The second kappa shape index (κ2) is 5.57. The summed E-state index contributed by atoms with van der Waals surface area (Å²) < 4.78 is 0. The number of rotatable bonds is 3. The van der Waals surface area contributed by atoms with Gasteiger partial charge in [0, 0.05) is 12.1 Å². The largest absolute Gasteiger partial charge is 0.378 e. The topological polar surface area (TPSA) is 84.5 Å². The molecule has 2 amide bonds. The van der Waals surface area contributed by atoms with E-state index in [4.69, 9.17) is 5.73 Å². The summed E-state index contributed by atoms with van der Waals surface area (Å²) in [6.07, 6.45) is 0.0700. The number of hydrogen-bond donors (Lipinski definition) is 2. The van der Waals surface area contributed by atoms with Crippen LogP contribution in [0.4, 0.5) is 5.69 Å². The first kappa shape index (κ1) is 13.6. The van der Waals surface area contributed by atoms with E-state index in [1.54, 1.807) is 0 Å². The van der Waals surface area contributed by atoms with Gasteiger partial charge in [-0.3, -0.25) is 9.59 Å². The molecular formula is C15H13N3O2S. The Morgan fingerprint density at radius 2 is 2.00 bits per heavy atom. The molecule has 2 aromatic rings. The predicted octanol–water partition coefficient (Wildman–Crippen LogP) is 2.13. The minimum Gasteiger partial charge on any atom is -0.378 e. The summed E-state index contributed by atoms with van der Waals surface area (Å²) in [6, 6.07) is 13.6. The molecular weight excluding hydrogens is 286 g/mol. The maximum absolute atomic E-state index is 12.0. The standard InChI is InChI=1S/C15H13N3O2S/c16-15-18-14(20)12(21-15)8-13(19)17-11-6-5-9-3-1-2-4-10(9)7-11/h1-7,12H,8H2,(H,17,19)(H2,16,18,20). The smallest absolute Gasteiger partial charge is 0.262 e. The first-order valence-corrected chi connectivity index (χ1v) is 7.33. The van der Waals surface area contributed by atoms with Gasteiger partial charge in [-0.15, -0.1) is 0 Å². The average molecular weight is 299 g/mol. The highest BCUT2D eigenvalue weighted by molar-refractivity contribution is 8.15. The summed E-state index contributed by atoms with van der Waals surface area (Å²) in [4.78, 5) is 27.1. The van der Waals surface area contributed by atoms with Gasteiger partial charge in [-0.1, -0.05) is 42.1 Å². The zero-order valence-corrected chi connectivity index (χ0v) is 11.9. The van der Waals surface area contributed by atoms with Crippen molar-refractivity contribution in [2.24, 2.45) is 10.7 Å². The monoisotopic (exact) mass is 299 g/mol. The van der Waals surface area contributed by atoms with Gasteiger partial charge in [-0.2, -0.15) is 4.99 Å². The van der Waals surface area contributed by atoms with Gasteiger partial charge < -0.3 is 11.1 Å². The number of nitrogens with zero attached hydrogens (tertiary/aromatic N) is 1. The van der Waals surface area contributed by atoms with E-state index >= 15 is 0 Å². The van der Waals surface area contributed by atoms with Crippen molar-refractivity contribution < 1.29 is 9.59 Å². The summed E-state index contributed by atoms with van der Waals surface area (Å²) in [7, 11) is 0. The number of anilines is 1. The molecule has 0 aliphatic carbocycles. The lowest BCUT2D eigenvalue weighted by molar-refractivity contribution is -0.121. The Balaban J connectivity index is 1.67. The lowest BCUT2D eigenvalue weighted by Gasteiger charge is -2.08. The third kappa shape index (κ3) is 3.05. The van der Waals surface area contributed by atoms with Gasteiger partial charge in [-0.25, -0.2) is 0 Å². The summed E-state index contributed by atoms with van der Waals surface area (Å²) in [5.41, 5.74) is 6.18. The molecule has 6 heteroatoms. The molecule has 1 unspecified atom stereocenters. The summed E-state index contributed by atoms with van der Waals surface area (Å²) in [5.74, 6) is -0.563. The molecule has 106 valence electrons. The van der Waals surface area contributed by atoms with Gasteiger partial charge in [0.15, 0.2) is 5.17 Å². The van der Waals surface area contributed by atoms with Crippen LogP contribution in [0.1, 0.15) is 6.42 Å². The molecule has 3 rings (SSSR count). The van der Waals surface area contributed by atoms with Gasteiger partial charge in [0.25, 0.3) is 5.91 Å². The predicted molar refractivity (Wildman–Crippen MR) is 85.2 cm³/mol. The SMILES string of the molecule is NC1=NC(=O)C(CC(=O)Nc2ccc3ccccc3c2)S1. The molecule has 0 radical (unpaired) electrons. The van der Waals surface area contributed by atoms with Crippen molar-refractivity contribution in [1.82, 2.24) is 0 Å². The minimum atomic E-state index is -0.509. The van der Waals surface area contributed by atoms with E-state index in [1.807, 2.05) is 42.5 Å². The van der Waals surface area contributed by atoms with Crippen molar-refractivity contribution in [2.45, 2.75) is 11.7 Å². The lowest BCUT2D eigenvalue weighted by Crippen LogP contribution is -2.21. The molecule has 5 nitrogen and oxygen atoms in total. The molecule has 21 heavy (non-hydrogen) atoms. The average Bonchev–Trinajstić information content (AvgIpc) is 2.76. The van der Waals surface area contributed by atoms with E-state index in [0.717, 1.165) is 22.5 Å². The number of benzene rings is 2.